The van der Waals surface area contributed by atoms with Crippen LogP contribution in [0.25, 0.3) is 5.65 Å². The van der Waals surface area contributed by atoms with E-state index in [0.717, 1.165) is 48.5 Å². The molecule has 7 nitrogen and oxygen atoms in total. The highest BCUT2D eigenvalue weighted by Crippen LogP contribution is 2.32. The molecule has 0 spiro atoms. The number of aryl methyl sites for hydroxylation is 3. The molecule has 3 aromatic rings. The van der Waals surface area contributed by atoms with Crippen LogP contribution in [0.15, 0.2) is 22.9 Å². The Hall–Kier alpha value is -2.70. The largest absolute Gasteiger partial charge is 0.361 e. The molecule has 1 aliphatic heterocycles. The van der Waals surface area contributed by atoms with E-state index in [1.807, 2.05) is 37.1 Å². The summed E-state index contributed by atoms with van der Waals surface area (Å²) in [6, 6.07) is 3.89. The molecule has 0 saturated carbocycles. The Bertz CT molecular complexity index is 958. The molecule has 26 heavy (non-hydrogen) atoms. The van der Waals surface area contributed by atoms with E-state index in [-0.39, 0.29) is 11.9 Å². The fourth-order valence-electron chi connectivity index (χ4n) is 3.76. The van der Waals surface area contributed by atoms with Gasteiger partial charge in [-0.3, -0.25) is 4.79 Å². The number of carbonyl (C=O) groups is 1. The third kappa shape index (κ3) is 2.77. The fourth-order valence-corrected chi connectivity index (χ4v) is 3.76. The summed E-state index contributed by atoms with van der Waals surface area (Å²) < 4.78 is 7.05. The summed E-state index contributed by atoms with van der Waals surface area (Å²) in [5.41, 5.74) is 4.00. The van der Waals surface area contributed by atoms with Crippen LogP contribution >= 0.6 is 0 Å². The molecule has 3 aromatic heterocycles. The summed E-state index contributed by atoms with van der Waals surface area (Å²) in [5, 5.41) is 8.42. The molecule has 1 fully saturated rings. The van der Waals surface area contributed by atoms with Crippen molar-refractivity contribution in [2.75, 3.05) is 6.54 Å². The van der Waals surface area contributed by atoms with Crippen LogP contribution in [0.2, 0.25) is 0 Å². The topological polar surface area (TPSA) is 76.5 Å². The molecule has 0 N–H and O–H groups in total. The summed E-state index contributed by atoms with van der Waals surface area (Å²) in [4.78, 5) is 20.0. The van der Waals surface area contributed by atoms with Crippen molar-refractivity contribution in [3.05, 3.63) is 46.7 Å². The number of nitrogens with zero attached hydrogens (tertiary/aromatic N) is 5. The maximum absolute atomic E-state index is 13.3. The summed E-state index contributed by atoms with van der Waals surface area (Å²) >= 11 is 0. The van der Waals surface area contributed by atoms with Gasteiger partial charge in [-0.15, -0.1) is 0 Å². The number of piperidine rings is 1. The predicted octanol–water partition coefficient (Wildman–Crippen LogP) is 3.26. The molecule has 0 aromatic carbocycles. The molecule has 0 aliphatic carbocycles. The lowest BCUT2D eigenvalue weighted by Gasteiger charge is -2.35. The van der Waals surface area contributed by atoms with Crippen LogP contribution in [-0.4, -0.2) is 37.1 Å². The molecule has 1 amide bonds. The minimum Gasteiger partial charge on any atom is -0.361 e. The van der Waals surface area contributed by atoms with Crippen LogP contribution in [0.3, 0.4) is 0 Å². The third-order valence-electron chi connectivity index (χ3n) is 5.06. The highest BCUT2D eigenvalue weighted by Gasteiger charge is 2.33. The summed E-state index contributed by atoms with van der Waals surface area (Å²) in [7, 11) is 0. The quantitative estimate of drug-likeness (QED) is 0.722. The van der Waals surface area contributed by atoms with Crippen LogP contribution in [-0.2, 0) is 6.42 Å². The van der Waals surface area contributed by atoms with Crippen LogP contribution in [0.4, 0.5) is 0 Å². The SMILES string of the molecule is CCc1noc(C)c1C(=O)N1CCCC[C@@H]1c1ccn2nc(C)cc2n1. The Morgan fingerprint density at radius 2 is 2.19 bits per heavy atom. The van der Waals surface area contributed by atoms with Gasteiger partial charge in [0, 0.05) is 18.8 Å². The van der Waals surface area contributed by atoms with Gasteiger partial charge in [0.25, 0.3) is 5.91 Å². The second kappa shape index (κ2) is 6.55. The average molecular weight is 353 g/mol. The van der Waals surface area contributed by atoms with Gasteiger partial charge in [-0.1, -0.05) is 12.1 Å². The molecule has 1 aliphatic rings. The molecular weight excluding hydrogens is 330 g/mol. The summed E-state index contributed by atoms with van der Waals surface area (Å²) in [6.07, 6.45) is 5.60. The van der Waals surface area contributed by atoms with E-state index in [9.17, 15) is 4.79 Å². The van der Waals surface area contributed by atoms with Gasteiger partial charge in [0.2, 0.25) is 0 Å². The molecule has 136 valence electrons. The van der Waals surface area contributed by atoms with Gasteiger partial charge < -0.3 is 9.42 Å². The van der Waals surface area contributed by atoms with Crippen molar-refractivity contribution in [3.63, 3.8) is 0 Å². The van der Waals surface area contributed by atoms with E-state index in [4.69, 9.17) is 9.51 Å². The second-order valence-corrected chi connectivity index (χ2v) is 6.87. The van der Waals surface area contributed by atoms with Gasteiger partial charge in [0.1, 0.15) is 11.3 Å². The molecule has 0 unspecified atom stereocenters. The maximum atomic E-state index is 13.3. The minimum atomic E-state index is -0.0320. The Morgan fingerprint density at radius 1 is 1.35 bits per heavy atom. The van der Waals surface area contributed by atoms with Crippen LogP contribution in [0, 0.1) is 13.8 Å². The van der Waals surface area contributed by atoms with Gasteiger partial charge in [-0.25, -0.2) is 9.50 Å². The monoisotopic (exact) mass is 353 g/mol. The third-order valence-corrected chi connectivity index (χ3v) is 5.06. The lowest BCUT2D eigenvalue weighted by atomic mass is 9.97. The van der Waals surface area contributed by atoms with Crippen molar-refractivity contribution in [3.8, 4) is 0 Å². The van der Waals surface area contributed by atoms with E-state index in [1.54, 1.807) is 11.4 Å². The van der Waals surface area contributed by atoms with Crippen molar-refractivity contribution in [2.24, 2.45) is 0 Å². The Kier molecular flexibility index (Phi) is 4.22. The lowest BCUT2D eigenvalue weighted by molar-refractivity contribution is 0.0603. The Labute approximate surface area is 152 Å². The van der Waals surface area contributed by atoms with Crippen molar-refractivity contribution >= 4 is 11.6 Å². The van der Waals surface area contributed by atoms with Gasteiger partial charge >= 0.3 is 0 Å². The van der Waals surface area contributed by atoms with Gasteiger partial charge in [0.05, 0.1) is 23.1 Å². The molecule has 1 atom stereocenters. The first kappa shape index (κ1) is 16.8. The second-order valence-electron chi connectivity index (χ2n) is 6.87. The van der Waals surface area contributed by atoms with E-state index in [0.29, 0.717) is 17.7 Å². The molecule has 1 saturated heterocycles. The fraction of sp³-hybridized carbons (Fsp3) is 0.474. The van der Waals surface area contributed by atoms with E-state index < -0.39 is 0 Å². The highest BCUT2D eigenvalue weighted by atomic mass is 16.5. The zero-order chi connectivity index (χ0) is 18.3. The van der Waals surface area contributed by atoms with Crippen molar-refractivity contribution < 1.29 is 9.32 Å². The van der Waals surface area contributed by atoms with E-state index >= 15 is 0 Å². The number of hydrogen-bond donors (Lipinski definition) is 0. The number of rotatable bonds is 3. The Balaban J connectivity index is 1.71. The maximum Gasteiger partial charge on any atom is 0.259 e. The van der Waals surface area contributed by atoms with Gasteiger partial charge in [-0.2, -0.15) is 5.10 Å². The molecule has 7 heteroatoms. The number of aromatic nitrogens is 4. The van der Waals surface area contributed by atoms with Crippen molar-refractivity contribution in [1.82, 2.24) is 24.7 Å². The van der Waals surface area contributed by atoms with Crippen molar-refractivity contribution in [1.29, 1.82) is 0 Å². The average Bonchev–Trinajstić information content (AvgIpc) is 3.21. The number of fused-ring (bicyclic) bond motifs is 1. The number of hydrogen-bond acceptors (Lipinski definition) is 5. The first-order valence-electron chi connectivity index (χ1n) is 9.17. The predicted molar refractivity (Wildman–Crippen MR) is 96.0 cm³/mol. The number of amides is 1. The normalized spacial score (nSPS) is 17.8. The molecule has 4 heterocycles. The van der Waals surface area contributed by atoms with Crippen LogP contribution in [0.1, 0.15) is 65.4 Å². The smallest absolute Gasteiger partial charge is 0.259 e. The number of likely N-dealkylation sites (tertiary alicyclic amines) is 1. The van der Waals surface area contributed by atoms with Crippen molar-refractivity contribution in [2.45, 2.75) is 52.5 Å². The van der Waals surface area contributed by atoms with Crippen LogP contribution < -0.4 is 0 Å². The van der Waals surface area contributed by atoms with E-state index in [1.165, 1.54) is 0 Å². The first-order chi connectivity index (χ1) is 12.6. The standard InChI is InChI=1S/C19H23N5O2/c1-4-14-18(13(3)26-22-14)19(25)23-9-6-5-7-16(23)15-8-10-24-17(20-15)11-12(2)21-24/h8,10-11,16H,4-7,9H2,1-3H3/t16-/m1/s1. The van der Waals surface area contributed by atoms with Gasteiger partial charge in [0.15, 0.2) is 5.65 Å². The Morgan fingerprint density at radius 3 is 3.00 bits per heavy atom. The summed E-state index contributed by atoms with van der Waals surface area (Å²) in [6.45, 7) is 6.46. The highest BCUT2D eigenvalue weighted by molar-refractivity contribution is 5.96. The van der Waals surface area contributed by atoms with Crippen LogP contribution in [0.5, 0.6) is 0 Å². The minimum absolute atomic E-state index is 0.00309. The molecular formula is C19H23N5O2. The zero-order valence-electron chi connectivity index (χ0n) is 15.4. The zero-order valence-corrected chi connectivity index (χ0v) is 15.4. The molecule has 0 radical (unpaired) electrons. The summed E-state index contributed by atoms with van der Waals surface area (Å²) in [5.74, 6) is 0.586. The van der Waals surface area contributed by atoms with E-state index in [2.05, 4.69) is 10.3 Å². The first-order valence-corrected chi connectivity index (χ1v) is 9.17. The lowest BCUT2D eigenvalue weighted by Crippen LogP contribution is -2.39. The number of carbonyl (C=O) groups excluding carboxylic acids is 1. The van der Waals surface area contributed by atoms with Gasteiger partial charge in [-0.05, 0) is 45.6 Å². The molecule has 0 bridgehead atoms. The molecule has 4 rings (SSSR count).